The molecule has 0 fully saturated rings. The molecule has 1 aromatic carbocycles. The molecule has 1 amide bonds. The molecule has 0 bridgehead atoms. The van der Waals surface area contributed by atoms with Crippen LogP contribution in [0.25, 0.3) is 0 Å². The fourth-order valence-corrected chi connectivity index (χ4v) is 1.61. The average molecular weight is 262 g/mol. The third-order valence-corrected chi connectivity index (χ3v) is 3.06. The summed E-state index contributed by atoms with van der Waals surface area (Å²) in [7, 11) is 0. The number of carbonyl (C=O) groups excluding carboxylic acids is 1. The normalized spacial score (nSPS) is 12.2. The van der Waals surface area contributed by atoms with Gasteiger partial charge in [-0.1, -0.05) is 36.2 Å². The van der Waals surface area contributed by atoms with E-state index in [2.05, 4.69) is 5.32 Å². The first kappa shape index (κ1) is 13.3. The summed E-state index contributed by atoms with van der Waals surface area (Å²) < 4.78 is 0. The molecule has 0 radical (unpaired) electrons. The molecule has 1 atom stereocenters. The Kier molecular flexibility index (Phi) is 5.06. The Balaban J connectivity index is 2.84. The van der Waals surface area contributed by atoms with Crippen molar-refractivity contribution in [3.05, 3.63) is 33.8 Å². The van der Waals surface area contributed by atoms with Crippen LogP contribution >= 0.6 is 23.2 Å². The first-order chi connectivity index (χ1) is 7.60. The van der Waals surface area contributed by atoms with Gasteiger partial charge in [-0.2, -0.15) is 0 Å². The van der Waals surface area contributed by atoms with Crippen molar-refractivity contribution < 1.29 is 9.90 Å². The summed E-state index contributed by atoms with van der Waals surface area (Å²) in [5.74, 6) is -0.326. The summed E-state index contributed by atoms with van der Waals surface area (Å²) in [5, 5.41) is 12.2. The van der Waals surface area contributed by atoms with Crippen molar-refractivity contribution in [2.24, 2.45) is 0 Å². The summed E-state index contributed by atoms with van der Waals surface area (Å²) in [4.78, 5) is 11.8. The van der Waals surface area contributed by atoms with E-state index >= 15 is 0 Å². The molecule has 0 saturated carbocycles. The molecule has 0 spiro atoms. The third kappa shape index (κ3) is 3.11. The van der Waals surface area contributed by atoms with Gasteiger partial charge in [0.25, 0.3) is 5.91 Å². The van der Waals surface area contributed by atoms with Crippen LogP contribution in [0.4, 0.5) is 0 Å². The molecule has 3 nitrogen and oxygen atoms in total. The molecule has 16 heavy (non-hydrogen) atoms. The Hall–Kier alpha value is -0.770. The van der Waals surface area contributed by atoms with Gasteiger partial charge >= 0.3 is 0 Å². The lowest BCUT2D eigenvalue weighted by molar-refractivity contribution is 0.0915. The molecule has 0 aliphatic carbocycles. The van der Waals surface area contributed by atoms with Crippen LogP contribution in [0, 0.1) is 0 Å². The van der Waals surface area contributed by atoms with Gasteiger partial charge in [0, 0.05) is 0 Å². The minimum Gasteiger partial charge on any atom is -0.394 e. The van der Waals surface area contributed by atoms with Gasteiger partial charge in [-0.15, -0.1) is 0 Å². The Morgan fingerprint density at radius 2 is 2.19 bits per heavy atom. The first-order valence-electron chi connectivity index (χ1n) is 4.95. The summed E-state index contributed by atoms with van der Waals surface area (Å²) in [6, 6.07) is 4.60. The average Bonchev–Trinajstić information content (AvgIpc) is 2.29. The number of aliphatic hydroxyl groups is 1. The quantitative estimate of drug-likeness (QED) is 0.875. The van der Waals surface area contributed by atoms with Gasteiger partial charge in [-0.3, -0.25) is 4.79 Å². The Bertz CT molecular complexity index is 378. The summed E-state index contributed by atoms with van der Waals surface area (Å²) >= 11 is 11.7. The summed E-state index contributed by atoms with van der Waals surface area (Å²) in [6.45, 7) is 1.78. The maximum Gasteiger partial charge on any atom is 0.253 e. The fraction of sp³-hybridized carbons (Fsp3) is 0.364. The number of aliphatic hydroxyl groups excluding tert-OH is 1. The summed E-state index contributed by atoms with van der Waals surface area (Å²) in [5.41, 5.74) is 0.320. The standard InChI is InChI=1S/C11H13Cl2NO2/c1-2-7(6-15)14-11(16)8-4-3-5-9(12)10(8)13/h3-5,7,15H,2,6H2,1H3,(H,14,16)/t7-/m0/s1. The van der Waals surface area contributed by atoms with Crippen LogP contribution < -0.4 is 5.32 Å². The molecule has 1 aromatic rings. The van der Waals surface area contributed by atoms with Crippen LogP contribution in [0.3, 0.4) is 0 Å². The molecule has 0 aliphatic heterocycles. The van der Waals surface area contributed by atoms with Crippen molar-refractivity contribution >= 4 is 29.1 Å². The molecule has 0 saturated heterocycles. The highest BCUT2D eigenvalue weighted by Gasteiger charge is 2.15. The lowest BCUT2D eigenvalue weighted by Gasteiger charge is -2.14. The molecule has 88 valence electrons. The predicted octanol–water partition coefficient (Wildman–Crippen LogP) is 2.49. The number of benzene rings is 1. The topological polar surface area (TPSA) is 49.3 Å². The van der Waals surface area contributed by atoms with Crippen LogP contribution in [0.1, 0.15) is 23.7 Å². The van der Waals surface area contributed by atoms with Crippen molar-refractivity contribution in [1.82, 2.24) is 5.32 Å². The number of amides is 1. The van der Waals surface area contributed by atoms with Gasteiger partial charge in [0.15, 0.2) is 0 Å². The number of nitrogens with one attached hydrogen (secondary N) is 1. The molecular formula is C11H13Cl2NO2. The minimum atomic E-state index is -0.326. The smallest absolute Gasteiger partial charge is 0.253 e. The number of hydrogen-bond acceptors (Lipinski definition) is 2. The second-order valence-corrected chi connectivity index (χ2v) is 4.15. The zero-order valence-corrected chi connectivity index (χ0v) is 10.3. The number of carbonyl (C=O) groups is 1. The van der Waals surface area contributed by atoms with E-state index in [4.69, 9.17) is 28.3 Å². The molecule has 0 aromatic heterocycles. The van der Waals surface area contributed by atoms with E-state index in [1.165, 1.54) is 0 Å². The van der Waals surface area contributed by atoms with Crippen molar-refractivity contribution in [3.8, 4) is 0 Å². The zero-order chi connectivity index (χ0) is 12.1. The van der Waals surface area contributed by atoms with E-state index in [1.54, 1.807) is 18.2 Å². The second-order valence-electron chi connectivity index (χ2n) is 3.36. The SMILES string of the molecule is CC[C@@H](CO)NC(=O)c1cccc(Cl)c1Cl. The van der Waals surface area contributed by atoms with Gasteiger partial charge in [0.1, 0.15) is 0 Å². The van der Waals surface area contributed by atoms with Crippen molar-refractivity contribution in [2.75, 3.05) is 6.61 Å². The van der Waals surface area contributed by atoms with Crippen LogP contribution in [0.15, 0.2) is 18.2 Å². The lowest BCUT2D eigenvalue weighted by atomic mass is 10.1. The first-order valence-corrected chi connectivity index (χ1v) is 5.71. The van der Waals surface area contributed by atoms with Gasteiger partial charge < -0.3 is 10.4 Å². The van der Waals surface area contributed by atoms with E-state index in [-0.39, 0.29) is 23.6 Å². The second kappa shape index (κ2) is 6.09. The van der Waals surface area contributed by atoms with E-state index < -0.39 is 0 Å². The monoisotopic (exact) mass is 261 g/mol. The minimum absolute atomic E-state index is 0.0968. The number of hydrogen-bond donors (Lipinski definition) is 2. The number of rotatable bonds is 4. The zero-order valence-electron chi connectivity index (χ0n) is 8.84. The van der Waals surface area contributed by atoms with Gasteiger partial charge in [-0.25, -0.2) is 0 Å². The Morgan fingerprint density at radius 3 is 2.75 bits per heavy atom. The van der Waals surface area contributed by atoms with Gasteiger partial charge in [-0.05, 0) is 18.6 Å². The van der Waals surface area contributed by atoms with Crippen molar-refractivity contribution in [3.63, 3.8) is 0 Å². The maximum absolute atomic E-state index is 11.8. The Labute approximate surface area is 104 Å². The van der Waals surface area contributed by atoms with Crippen LogP contribution in [-0.2, 0) is 0 Å². The number of halogens is 2. The van der Waals surface area contributed by atoms with Crippen LogP contribution in [-0.4, -0.2) is 23.7 Å². The van der Waals surface area contributed by atoms with Crippen molar-refractivity contribution in [2.45, 2.75) is 19.4 Å². The molecule has 5 heteroatoms. The summed E-state index contributed by atoms with van der Waals surface area (Å²) in [6.07, 6.45) is 0.653. The molecule has 0 aliphatic rings. The molecule has 2 N–H and O–H groups in total. The molecule has 0 heterocycles. The van der Waals surface area contributed by atoms with E-state index in [9.17, 15) is 4.79 Å². The van der Waals surface area contributed by atoms with E-state index in [0.717, 1.165) is 0 Å². The third-order valence-electron chi connectivity index (χ3n) is 2.24. The van der Waals surface area contributed by atoms with E-state index in [1.807, 2.05) is 6.92 Å². The molecular weight excluding hydrogens is 249 g/mol. The molecule has 1 rings (SSSR count). The lowest BCUT2D eigenvalue weighted by Crippen LogP contribution is -2.37. The van der Waals surface area contributed by atoms with Crippen LogP contribution in [0.2, 0.25) is 10.0 Å². The van der Waals surface area contributed by atoms with Gasteiger partial charge in [0.2, 0.25) is 0 Å². The predicted molar refractivity (Wildman–Crippen MR) is 65.1 cm³/mol. The van der Waals surface area contributed by atoms with Crippen molar-refractivity contribution in [1.29, 1.82) is 0 Å². The highest BCUT2D eigenvalue weighted by molar-refractivity contribution is 6.43. The van der Waals surface area contributed by atoms with E-state index in [0.29, 0.717) is 17.0 Å². The highest BCUT2D eigenvalue weighted by atomic mass is 35.5. The van der Waals surface area contributed by atoms with Crippen LogP contribution in [0.5, 0.6) is 0 Å². The molecule has 0 unspecified atom stereocenters. The maximum atomic E-state index is 11.8. The Morgan fingerprint density at radius 1 is 1.50 bits per heavy atom. The highest BCUT2D eigenvalue weighted by Crippen LogP contribution is 2.25. The van der Waals surface area contributed by atoms with Gasteiger partial charge in [0.05, 0.1) is 28.3 Å². The fourth-order valence-electron chi connectivity index (χ4n) is 1.22. The largest absolute Gasteiger partial charge is 0.394 e.